The summed E-state index contributed by atoms with van der Waals surface area (Å²) in [5.74, 6) is 3.37. The van der Waals surface area contributed by atoms with Gasteiger partial charge in [-0.1, -0.05) is 76.8 Å². The first-order chi connectivity index (χ1) is 13.3. The molecular formula is C27H44O. The van der Waals surface area contributed by atoms with Crippen LogP contribution >= 0.6 is 0 Å². The van der Waals surface area contributed by atoms with Gasteiger partial charge in [0.1, 0.15) is 0 Å². The number of rotatable bonds is 7. The minimum atomic E-state index is -0.162. The lowest BCUT2D eigenvalue weighted by molar-refractivity contribution is 0.105. The van der Waals surface area contributed by atoms with E-state index in [2.05, 4.69) is 46.4 Å². The lowest BCUT2D eigenvalue weighted by Crippen LogP contribution is -2.35. The van der Waals surface area contributed by atoms with Gasteiger partial charge in [-0.05, 0) is 86.0 Å². The minimum Gasteiger partial charge on any atom is -0.393 e. The number of allylic oxidation sites excluding steroid dienone is 4. The average Bonchev–Trinajstić information content (AvgIpc) is 2.99. The first-order valence-electron chi connectivity index (χ1n) is 12.1. The van der Waals surface area contributed by atoms with Gasteiger partial charge in [0.2, 0.25) is 0 Å². The summed E-state index contributed by atoms with van der Waals surface area (Å²) in [6.45, 7) is 14.1. The van der Waals surface area contributed by atoms with Crippen molar-refractivity contribution in [3.63, 3.8) is 0 Å². The minimum absolute atomic E-state index is 0.162. The molecule has 0 radical (unpaired) electrons. The molecule has 0 unspecified atom stereocenters. The highest BCUT2D eigenvalue weighted by molar-refractivity contribution is 5.33. The predicted molar refractivity (Wildman–Crippen MR) is 121 cm³/mol. The molecule has 1 nitrogen and oxygen atoms in total. The van der Waals surface area contributed by atoms with E-state index >= 15 is 0 Å². The summed E-state index contributed by atoms with van der Waals surface area (Å²) < 4.78 is 0. The van der Waals surface area contributed by atoms with E-state index in [0.717, 1.165) is 49.4 Å². The van der Waals surface area contributed by atoms with Crippen LogP contribution in [-0.4, -0.2) is 11.2 Å². The van der Waals surface area contributed by atoms with Crippen LogP contribution in [0.1, 0.15) is 98.3 Å². The maximum Gasteiger partial charge on any atom is 0.0583 e. The molecule has 0 aromatic rings. The summed E-state index contributed by atoms with van der Waals surface area (Å²) in [5, 5.41) is 10.0. The first-order valence-corrected chi connectivity index (χ1v) is 12.1. The van der Waals surface area contributed by atoms with Gasteiger partial charge in [0, 0.05) is 0 Å². The predicted octanol–water partition coefficient (Wildman–Crippen LogP) is 7.62. The molecule has 0 bridgehead atoms. The Bertz CT molecular complexity index is 610. The Morgan fingerprint density at radius 2 is 2.00 bits per heavy atom. The van der Waals surface area contributed by atoms with Crippen LogP contribution in [0.25, 0.3) is 0 Å². The molecule has 0 aliphatic heterocycles. The Kier molecular flexibility index (Phi) is 7.29. The van der Waals surface area contributed by atoms with E-state index in [1.54, 1.807) is 5.57 Å². The smallest absolute Gasteiger partial charge is 0.0583 e. The molecule has 0 aromatic heterocycles. The van der Waals surface area contributed by atoms with E-state index in [-0.39, 0.29) is 6.10 Å². The van der Waals surface area contributed by atoms with Gasteiger partial charge in [-0.25, -0.2) is 0 Å². The third-order valence-electron chi connectivity index (χ3n) is 8.35. The fourth-order valence-corrected chi connectivity index (χ4v) is 6.62. The number of aliphatic hydroxyl groups excluding tert-OH is 1. The highest BCUT2D eigenvalue weighted by Crippen LogP contribution is 2.59. The maximum absolute atomic E-state index is 10.0. The molecular weight excluding hydrogens is 340 g/mol. The molecule has 1 heteroatoms. The van der Waals surface area contributed by atoms with Crippen LogP contribution in [-0.2, 0) is 0 Å². The molecule has 1 N–H and O–H groups in total. The van der Waals surface area contributed by atoms with E-state index < -0.39 is 0 Å². The standard InChI is InChI=1S/C27H44O/c1-19(2)8-6-9-21(4)25-15-16-26-22(10-7-17-27(25,26)5)12-13-23-18-24(28)14-11-20(23)3/h10,13,19,21,24-26,28H,3,6-9,11-12,14-18H2,1-2,4-5H3/b23-13-/t21-,24+,25-,26+,27-/m1/s1. The summed E-state index contributed by atoms with van der Waals surface area (Å²) in [5.41, 5.74) is 4.77. The highest BCUT2D eigenvalue weighted by Gasteiger charge is 2.49. The van der Waals surface area contributed by atoms with E-state index in [0.29, 0.717) is 5.41 Å². The Balaban J connectivity index is 1.64. The molecule has 28 heavy (non-hydrogen) atoms. The summed E-state index contributed by atoms with van der Waals surface area (Å²) >= 11 is 0. The maximum atomic E-state index is 10.0. The summed E-state index contributed by atoms with van der Waals surface area (Å²) in [7, 11) is 0. The SMILES string of the molecule is C=C1CC[C@H](O)C/C1=C/CC1=CCC[C@]2(C)[C@@H]([C@H](C)CCCC(C)C)CC[C@@H]12. The molecule has 0 aromatic carbocycles. The lowest BCUT2D eigenvalue weighted by Gasteiger charge is -2.43. The molecule has 2 saturated carbocycles. The molecule has 158 valence electrons. The summed E-state index contributed by atoms with van der Waals surface area (Å²) in [4.78, 5) is 0. The molecule has 5 atom stereocenters. The van der Waals surface area contributed by atoms with Crippen molar-refractivity contribution in [2.45, 2.75) is 104 Å². The zero-order chi connectivity index (χ0) is 20.3. The van der Waals surface area contributed by atoms with Gasteiger partial charge < -0.3 is 5.11 Å². The average molecular weight is 385 g/mol. The molecule has 0 amide bonds. The molecule has 3 aliphatic rings. The number of hydrogen-bond donors (Lipinski definition) is 1. The van der Waals surface area contributed by atoms with Gasteiger partial charge in [-0.3, -0.25) is 0 Å². The Labute approximate surface area is 174 Å². The molecule has 0 saturated heterocycles. The Morgan fingerprint density at radius 1 is 1.21 bits per heavy atom. The van der Waals surface area contributed by atoms with Gasteiger partial charge >= 0.3 is 0 Å². The Hall–Kier alpha value is -0.820. The van der Waals surface area contributed by atoms with E-state index in [9.17, 15) is 5.11 Å². The lowest BCUT2D eigenvalue weighted by atomic mass is 9.61. The second-order valence-corrected chi connectivity index (χ2v) is 10.8. The first kappa shape index (κ1) is 21.9. The van der Waals surface area contributed by atoms with Crippen molar-refractivity contribution in [3.8, 4) is 0 Å². The number of hydrogen-bond acceptors (Lipinski definition) is 1. The van der Waals surface area contributed by atoms with Crippen LogP contribution in [0.4, 0.5) is 0 Å². The molecule has 0 spiro atoms. The third-order valence-corrected chi connectivity index (χ3v) is 8.35. The van der Waals surface area contributed by atoms with Crippen LogP contribution < -0.4 is 0 Å². The second-order valence-electron chi connectivity index (χ2n) is 10.8. The topological polar surface area (TPSA) is 20.2 Å². The van der Waals surface area contributed by atoms with Crippen molar-refractivity contribution in [1.29, 1.82) is 0 Å². The monoisotopic (exact) mass is 384 g/mol. The fraction of sp³-hybridized carbons (Fsp3) is 0.778. The fourth-order valence-electron chi connectivity index (χ4n) is 6.62. The van der Waals surface area contributed by atoms with Crippen molar-refractivity contribution >= 4 is 0 Å². The number of aliphatic hydroxyl groups is 1. The van der Waals surface area contributed by atoms with Crippen molar-refractivity contribution in [2.75, 3.05) is 0 Å². The quantitative estimate of drug-likeness (QED) is 0.448. The van der Waals surface area contributed by atoms with Gasteiger partial charge in [0.15, 0.2) is 0 Å². The third kappa shape index (κ3) is 4.84. The van der Waals surface area contributed by atoms with E-state index in [4.69, 9.17) is 0 Å². The second kappa shape index (κ2) is 9.33. The van der Waals surface area contributed by atoms with Crippen LogP contribution in [0, 0.1) is 29.1 Å². The number of fused-ring (bicyclic) bond motifs is 1. The van der Waals surface area contributed by atoms with Gasteiger partial charge in [0.25, 0.3) is 0 Å². The summed E-state index contributed by atoms with van der Waals surface area (Å²) in [6.07, 6.45) is 18.2. The van der Waals surface area contributed by atoms with Crippen molar-refractivity contribution in [3.05, 3.63) is 35.5 Å². The Morgan fingerprint density at radius 3 is 2.75 bits per heavy atom. The van der Waals surface area contributed by atoms with Crippen molar-refractivity contribution in [1.82, 2.24) is 0 Å². The van der Waals surface area contributed by atoms with Gasteiger partial charge in [0.05, 0.1) is 6.10 Å². The zero-order valence-corrected chi connectivity index (χ0v) is 19.0. The van der Waals surface area contributed by atoms with Crippen LogP contribution in [0.2, 0.25) is 0 Å². The molecule has 2 fully saturated rings. The molecule has 0 heterocycles. The van der Waals surface area contributed by atoms with Crippen LogP contribution in [0.5, 0.6) is 0 Å². The van der Waals surface area contributed by atoms with Gasteiger partial charge in [-0.2, -0.15) is 0 Å². The largest absolute Gasteiger partial charge is 0.393 e. The van der Waals surface area contributed by atoms with Crippen LogP contribution in [0.3, 0.4) is 0 Å². The van der Waals surface area contributed by atoms with Crippen molar-refractivity contribution < 1.29 is 5.11 Å². The normalized spacial score (nSPS) is 35.9. The van der Waals surface area contributed by atoms with Crippen molar-refractivity contribution in [2.24, 2.45) is 29.1 Å². The van der Waals surface area contributed by atoms with Gasteiger partial charge in [-0.15, -0.1) is 0 Å². The van der Waals surface area contributed by atoms with E-state index in [1.807, 2.05) is 0 Å². The highest BCUT2D eigenvalue weighted by atomic mass is 16.3. The molecule has 3 aliphatic carbocycles. The zero-order valence-electron chi connectivity index (χ0n) is 19.0. The van der Waals surface area contributed by atoms with E-state index in [1.165, 1.54) is 56.1 Å². The van der Waals surface area contributed by atoms with Crippen LogP contribution in [0.15, 0.2) is 35.5 Å². The summed E-state index contributed by atoms with van der Waals surface area (Å²) in [6, 6.07) is 0. The molecule has 3 rings (SSSR count).